The Labute approximate surface area is 167 Å². The van der Waals surface area contributed by atoms with E-state index in [9.17, 15) is 14.3 Å². The van der Waals surface area contributed by atoms with Gasteiger partial charge in [0.05, 0.1) is 12.3 Å². The first kappa shape index (κ1) is 20.0. The molecule has 0 radical (unpaired) electrons. The van der Waals surface area contributed by atoms with Gasteiger partial charge in [-0.2, -0.15) is 4.39 Å². The number of aliphatic hydroxyl groups excluding tert-OH is 1. The molecule has 0 atom stereocenters. The number of rotatable bonds is 4. The Morgan fingerprint density at radius 2 is 1.90 bits per heavy atom. The van der Waals surface area contributed by atoms with Gasteiger partial charge in [0.25, 0.3) is 0 Å². The van der Waals surface area contributed by atoms with E-state index in [0.29, 0.717) is 16.9 Å². The zero-order valence-electron chi connectivity index (χ0n) is 15.7. The summed E-state index contributed by atoms with van der Waals surface area (Å²) in [5, 5.41) is 14.4. The van der Waals surface area contributed by atoms with E-state index in [0.717, 1.165) is 24.2 Å². The van der Waals surface area contributed by atoms with Crippen LogP contribution >= 0.6 is 0 Å². The Morgan fingerprint density at radius 3 is 2.62 bits per heavy atom. The fourth-order valence-corrected chi connectivity index (χ4v) is 2.52. The number of hydrogen-bond acceptors (Lipinski definition) is 4. The summed E-state index contributed by atoms with van der Waals surface area (Å²) < 4.78 is 13.3. The second kappa shape index (κ2) is 9.44. The maximum Gasteiger partial charge on any atom is 0.323 e. The smallest absolute Gasteiger partial charge is 0.323 e. The van der Waals surface area contributed by atoms with Crippen molar-refractivity contribution in [3.63, 3.8) is 0 Å². The van der Waals surface area contributed by atoms with Gasteiger partial charge in [-0.25, -0.2) is 14.8 Å². The van der Waals surface area contributed by atoms with Crippen LogP contribution in [0.2, 0.25) is 0 Å². The van der Waals surface area contributed by atoms with Gasteiger partial charge in [-0.1, -0.05) is 25.0 Å². The quantitative estimate of drug-likeness (QED) is 0.468. The lowest BCUT2D eigenvalue weighted by Crippen LogP contribution is -2.20. The van der Waals surface area contributed by atoms with Crippen molar-refractivity contribution < 1.29 is 14.3 Å². The van der Waals surface area contributed by atoms with Crippen LogP contribution in [-0.4, -0.2) is 21.1 Å². The molecule has 1 aromatic carbocycles. The molecule has 0 bridgehead atoms. The molecule has 0 fully saturated rings. The molecule has 2 amide bonds. The standard InChI is InChI=1S/C22H19FN4O2/c1-2-15-3-5-16(6-4-15)7-8-18-11-19(9-10-24-18)26-22(29)27-20-12-21(23)25-13-17(20)14-28/h3-6,9-13,28H,2,14H2,1H3,(H2,24,25,26,27,29). The van der Waals surface area contributed by atoms with E-state index in [1.807, 2.05) is 24.3 Å². The number of halogens is 1. The number of aromatic nitrogens is 2. The van der Waals surface area contributed by atoms with Crippen LogP contribution in [0.4, 0.5) is 20.6 Å². The van der Waals surface area contributed by atoms with Gasteiger partial charge in [0, 0.05) is 35.3 Å². The van der Waals surface area contributed by atoms with E-state index in [4.69, 9.17) is 0 Å². The summed E-state index contributed by atoms with van der Waals surface area (Å²) >= 11 is 0. The van der Waals surface area contributed by atoms with Gasteiger partial charge >= 0.3 is 6.03 Å². The molecule has 2 heterocycles. The number of aliphatic hydroxyl groups is 1. The number of hydrogen-bond donors (Lipinski definition) is 3. The molecular formula is C22H19FN4O2. The fraction of sp³-hybridized carbons (Fsp3) is 0.136. The lowest BCUT2D eigenvalue weighted by atomic mass is 10.1. The van der Waals surface area contributed by atoms with Crippen LogP contribution in [0, 0.1) is 17.8 Å². The largest absolute Gasteiger partial charge is 0.392 e. The SMILES string of the molecule is CCc1ccc(C#Cc2cc(NC(=O)Nc3cc(F)ncc3CO)ccn2)cc1. The van der Waals surface area contributed by atoms with Gasteiger partial charge in [0.1, 0.15) is 5.69 Å². The Balaban J connectivity index is 1.69. The predicted octanol–water partition coefficient (Wildman–Crippen LogP) is 3.71. The van der Waals surface area contributed by atoms with E-state index in [-0.39, 0.29) is 12.3 Å². The van der Waals surface area contributed by atoms with Crippen LogP contribution in [0.5, 0.6) is 0 Å². The molecule has 146 valence electrons. The van der Waals surface area contributed by atoms with Crippen LogP contribution < -0.4 is 10.6 Å². The third kappa shape index (κ3) is 5.61. The second-order valence-electron chi connectivity index (χ2n) is 6.13. The van der Waals surface area contributed by atoms with Crippen LogP contribution in [0.3, 0.4) is 0 Å². The van der Waals surface area contributed by atoms with Crippen molar-refractivity contribution in [1.82, 2.24) is 9.97 Å². The van der Waals surface area contributed by atoms with Crippen molar-refractivity contribution in [3.8, 4) is 11.8 Å². The summed E-state index contributed by atoms with van der Waals surface area (Å²) in [4.78, 5) is 19.8. The van der Waals surface area contributed by atoms with Gasteiger partial charge in [-0.15, -0.1) is 0 Å². The van der Waals surface area contributed by atoms with E-state index < -0.39 is 12.0 Å². The van der Waals surface area contributed by atoms with Gasteiger partial charge in [0.15, 0.2) is 0 Å². The maximum absolute atomic E-state index is 13.3. The van der Waals surface area contributed by atoms with E-state index in [1.54, 1.807) is 12.1 Å². The van der Waals surface area contributed by atoms with Crippen LogP contribution in [0.1, 0.15) is 29.3 Å². The minimum Gasteiger partial charge on any atom is -0.392 e. The predicted molar refractivity (Wildman–Crippen MR) is 109 cm³/mol. The minimum absolute atomic E-state index is 0.141. The third-order valence-corrected chi connectivity index (χ3v) is 4.09. The van der Waals surface area contributed by atoms with Crippen LogP contribution in [0.25, 0.3) is 0 Å². The van der Waals surface area contributed by atoms with Crippen molar-refractivity contribution in [2.24, 2.45) is 0 Å². The highest BCUT2D eigenvalue weighted by Gasteiger charge is 2.09. The molecule has 6 nitrogen and oxygen atoms in total. The zero-order valence-corrected chi connectivity index (χ0v) is 15.7. The van der Waals surface area contributed by atoms with E-state index in [1.165, 1.54) is 11.8 Å². The lowest BCUT2D eigenvalue weighted by Gasteiger charge is -2.10. The summed E-state index contributed by atoms with van der Waals surface area (Å²) in [6.07, 6.45) is 3.67. The first-order valence-corrected chi connectivity index (χ1v) is 8.97. The van der Waals surface area contributed by atoms with E-state index >= 15 is 0 Å². The number of carbonyl (C=O) groups excluding carboxylic acids is 1. The average molecular weight is 390 g/mol. The molecule has 3 aromatic rings. The number of urea groups is 1. The normalized spacial score (nSPS) is 10.0. The minimum atomic E-state index is -0.758. The summed E-state index contributed by atoms with van der Waals surface area (Å²) in [7, 11) is 0. The number of aryl methyl sites for hydroxylation is 1. The molecule has 29 heavy (non-hydrogen) atoms. The van der Waals surface area contributed by atoms with Crippen molar-refractivity contribution in [2.75, 3.05) is 10.6 Å². The first-order chi connectivity index (χ1) is 14.1. The monoisotopic (exact) mass is 390 g/mol. The molecule has 3 N–H and O–H groups in total. The number of nitrogens with one attached hydrogen (secondary N) is 2. The zero-order chi connectivity index (χ0) is 20.6. The maximum atomic E-state index is 13.3. The summed E-state index contributed by atoms with van der Waals surface area (Å²) in [5.41, 5.74) is 3.52. The Bertz CT molecular complexity index is 1070. The highest BCUT2D eigenvalue weighted by atomic mass is 19.1. The number of nitrogens with zero attached hydrogens (tertiary/aromatic N) is 2. The van der Waals surface area contributed by atoms with Gasteiger partial charge in [-0.3, -0.25) is 0 Å². The molecule has 3 rings (SSSR count). The Hall–Kier alpha value is -3.76. The molecule has 7 heteroatoms. The average Bonchev–Trinajstić information content (AvgIpc) is 2.73. The second-order valence-corrected chi connectivity index (χ2v) is 6.13. The van der Waals surface area contributed by atoms with Crippen molar-refractivity contribution >= 4 is 17.4 Å². The first-order valence-electron chi connectivity index (χ1n) is 8.97. The van der Waals surface area contributed by atoms with Crippen molar-refractivity contribution in [1.29, 1.82) is 0 Å². The molecule has 0 aliphatic heterocycles. The number of carbonyl (C=O) groups is 1. The van der Waals surface area contributed by atoms with Gasteiger partial charge in [-0.05, 0) is 42.2 Å². The van der Waals surface area contributed by atoms with Gasteiger partial charge in [0.2, 0.25) is 5.95 Å². The highest BCUT2D eigenvalue weighted by molar-refractivity contribution is 6.00. The molecule has 0 spiro atoms. The molecule has 0 aliphatic rings. The van der Waals surface area contributed by atoms with Crippen molar-refractivity contribution in [3.05, 3.63) is 83.2 Å². The number of benzene rings is 1. The lowest BCUT2D eigenvalue weighted by molar-refractivity contribution is 0.262. The highest BCUT2D eigenvalue weighted by Crippen LogP contribution is 2.16. The summed E-state index contributed by atoms with van der Waals surface area (Å²) in [6.45, 7) is 1.71. The molecule has 0 saturated heterocycles. The van der Waals surface area contributed by atoms with Gasteiger partial charge < -0.3 is 15.7 Å². The Morgan fingerprint density at radius 1 is 1.10 bits per heavy atom. The van der Waals surface area contributed by atoms with Crippen molar-refractivity contribution in [2.45, 2.75) is 20.0 Å². The van der Waals surface area contributed by atoms with Crippen LogP contribution in [0.15, 0.2) is 54.9 Å². The molecule has 2 aromatic heterocycles. The summed E-state index contributed by atoms with van der Waals surface area (Å²) in [6, 6.07) is 11.7. The number of pyridine rings is 2. The molecule has 0 unspecified atom stereocenters. The molecular weight excluding hydrogens is 371 g/mol. The number of amides is 2. The third-order valence-electron chi connectivity index (χ3n) is 4.09. The van der Waals surface area contributed by atoms with E-state index in [2.05, 4.69) is 39.4 Å². The molecule has 0 aliphatic carbocycles. The molecule has 0 saturated carbocycles. The topological polar surface area (TPSA) is 87.1 Å². The Kier molecular flexibility index (Phi) is 6.51. The summed E-state index contributed by atoms with van der Waals surface area (Å²) in [5.74, 6) is 5.24. The van der Waals surface area contributed by atoms with Crippen LogP contribution in [-0.2, 0) is 13.0 Å². The fourth-order valence-electron chi connectivity index (χ4n) is 2.52. The number of anilines is 2.